The van der Waals surface area contributed by atoms with E-state index in [9.17, 15) is 4.79 Å². The number of carbonyl (C=O) groups excluding carboxylic acids is 1. The minimum atomic E-state index is 0.0767. The first-order valence-corrected chi connectivity index (χ1v) is 11.7. The number of hydrogen-bond acceptors (Lipinski definition) is 5. The van der Waals surface area contributed by atoms with Gasteiger partial charge in [0.25, 0.3) is 5.22 Å². The van der Waals surface area contributed by atoms with Crippen molar-refractivity contribution >= 4 is 17.7 Å². The molecule has 4 aliphatic carbocycles. The van der Waals surface area contributed by atoms with Gasteiger partial charge in [-0.15, -0.1) is 10.2 Å². The molecule has 0 radical (unpaired) electrons. The summed E-state index contributed by atoms with van der Waals surface area (Å²) < 4.78 is 6.11. The van der Waals surface area contributed by atoms with Crippen molar-refractivity contribution in [3.63, 3.8) is 0 Å². The predicted octanol–water partition coefficient (Wildman–Crippen LogP) is 4.60. The molecular formula is C23H29N3O2S. The SMILES string of the molecule is Cc1ccccc1CN(C)C(=O)CSc1nnc(C23CC4CC(CC(C4)C2)C3)o1. The number of benzene rings is 1. The zero-order valence-electron chi connectivity index (χ0n) is 17.3. The maximum absolute atomic E-state index is 12.6. The highest BCUT2D eigenvalue weighted by Gasteiger charge is 2.54. The van der Waals surface area contributed by atoms with Crippen LogP contribution in [0.1, 0.15) is 55.5 Å². The van der Waals surface area contributed by atoms with Crippen LogP contribution in [0.4, 0.5) is 0 Å². The molecule has 5 nitrogen and oxygen atoms in total. The first kappa shape index (κ1) is 19.2. The standard InChI is InChI=1S/C23H29N3O2S/c1-15-5-3-4-6-19(15)13-26(2)20(27)14-29-22-25-24-21(28-22)23-10-16-7-17(11-23)9-18(8-16)12-23/h3-6,16-18H,7-14H2,1-2H3. The predicted molar refractivity (Wildman–Crippen MR) is 113 cm³/mol. The van der Waals surface area contributed by atoms with Crippen molar-refractivity contribution in [2.75, 3.05) is 12.8 Å². The van der Waals surface area contributed by atoms with Crippen LogP contribution in [-0.2, 0) is 16.8 Å². The largest absolute Gasteiger partial charge is 0.415 e. The lowest BCUT2D eigenvalue weighted by Crippen LogP contribution is -2.48. The smallest absolute Gasteiger partial charge is 0.277 e. The fourth-order valence-electron chi connectivity index (χ4n) is 6.22. The molecule has 1 heterocycles. The van der Waals surface area contributed by atoms with E-state index < -0.39 is 0 Å². The first-order valence-electron chi connectivity index (χ1n) is 10.8. The van der Waals surface area contributed by atoms with Crippen LogP contribution in [-0.4, -0.2) is 33.8 Å². The number of hydrogen-bond donors (Lipinski definition) is 0. The number of rotatable bonds is 6. The van der Waals surface area contributed by atoms with Gasteiger partial charge in [0.05, 0.1) is 5.75 Å². The van der Waals surface area contributed by atoms with Crippen molar-refractivity contribution in [3.05, 3.63) is 41.3 Å². The molecule has 154 valence electrons. The Balaban J connectivity index is 1.20. The van der Waals surface area contributed by atoms with Gasteiger partial charge in [-0.3, -0.25) is 4.79 Å². The van der Waals surface area contributed by atoms with E-state index in [4.69, 9.17) is 4.42 Å². The summed E-state index contributed by atoms with van der Waals surface area (Å²) >= 11 is 1.36. The topological polar surface area (TPSA) is 59.2 Å². The number of aromatic nitrogens is 2. The molecule has 1 aromatic carbocycles. The second kappa shape index (κ2) is 7.46. The highest BCUT2D eigenvalue weighted by atomic mass is 32.2. The third-order valence-corrected chi connectivity index (χ3v) is 8.12. The molecule has 6 rings (SSSR count). The van der Waals surface area contributed by atoms with Crippen molar-refractivity contribution in [3.8, 4) is 0 Å². The molecule has 2 aromatic rings. The van der Waals surface area contributed by atoms with Gasteiger partial charge in [-0.05, 0) is 74.3 Å². The summed E-state index contributed by atoms with van der Waals surface area (Å²) in [5.74, 6) is 3.78. The van der Waals surface area contributed by atoms with E-state index in [1.165, 1.54) is 61.4 Å². The summed E-state index contributed by atoms with van der Waals surface area (Å²) in [4.78, 5) is 14.3. The minimum Gasteiger partial charge on any atom is -0.415 e. The molecule has 1 aromatic heterocycles. The Bertz CT molecular complexity index is 874. The van der Waals surface area contributed by atoms with E-state index in [1.54, 1.807) is 4.90 Å². The Morgan fingerprint density at radius 2 is 1.79 bits per heavy atom. The first-order chi connectivity index (χ1) is 14.0. The molecule has 29 heavy (non-hydrogen) atoms. The molecule has 0 unspecified atom stereocenters. The van der Waals surface area contributed by atoms with Gasteiger partial charge in [0.2, 0.25) is 11.8 Å². The number of amides is 1. The summed E-state index contributed by atoms with van der Waals surface area (Å²) in [6, 6.07) is 8.18. The normalized spacial score (nSPS) is 29.9. The number of nitrogens with zero attached hydrogens (tertiary/aromatic N) is 3. The number of aryl methyl sites for hydroxylation is 1. The molecule has 4 bridgehead atoms. The second-order valence-corrected chi connectivity index (χ2v) is 10.5. The number of carbonyl (C=O) groups is 1. The van der Waals surface area contributed by atoms with E-state index in [0.29, 0.717) is 17.5 Å². The molecule has 0 N–H and O–H groups in total. The van der Waals surface area contributed by atoms with Gasteiger partial charge in [0.15, 0.2) is 0 Å². The van der Waals surface area contributed by atoms with Gasteiger partial charge in [-0.25, -0.2) is 0 Å². The Morgan fingerprint density at radius 1 is 1.14 bits per heavy atom. The maximum Gasteiger partial charge on any atom is 0.277 e. The molecule has 0 spiro atoms. The van der Waals surface area contributed by atoms with Crippen LogP contribution in [0.25, 0.3) is 0 Å². The molecule has 1 amide bonds. The quantitative estimate of drug-likeness (QED) is 0.651. The molecule has 0 atom stereocenters. The van der Waals surface area contributed by atoms with Crippen LogP contribution in [0.15, 0.2) is 33.9 Å². The van der Waals surface area contributed by atoms with Gasteiger partial charge < -0.3 is 9.32 Å². The van der Waals surface area contributed by atoms with Crippen LogP contribution < -0.4 is 0 Å². The summed E-state index contributed by atoms with van der Waals surface area (Å²) in [5, 5.41) is 9.26. The molecule has 4 aliphatic rings. The highest BCUT2D eigenvalue weighted by Crippen LogP contribution is 2.60. The minimum absolute atomic E-state index is 0.0767. The van der Waals surface area contributed by atoms with E-state index in [0.717, 1.165) is 23.6 Å². The van der Waals surface area contributed by atoms with Gasteiger partial charge >= 0.3 is 0 Å². The van der Waals surface area contributed by atoms with Crippen molar-refractivity contribution < 1.29 is 9.21 Å². The Morgan fingerprint density at radius 3 is 2.45 bits per heavy atom. The molecule has 0 aliphatic heterocycles. The lowest BCUT2D eigenvalue weighted by atomic mass is 9.49. The third-order valence-electron chi connectivity index (χ3n) is 7.31. The second-order valence-electron chi connectivity index (χ2n) is 9.54. The van der Waals surface area contributed by atoms with E-state index in [2.05, 4.69) is 29.3 Å². The van der Waals surface area contributed by atoms with Crippen molar-refractivity contribution in [1.82, 2.24) is 15.1 Å². The monoisotopic (exact) mass is 411 g/mol. The van der Waals surface area contributed by atoms with E-state index in [1.807, 2.05) is 19.2 Å². The molecule has 6 heteroatoms. The van der Waals surface area contributed by atoms with Crippen LogP contribution in [0.2, 0.25) is 0 Å². The Labute approximate surface area is 176 Å². The van der Waals surface area contributed by atoms with Crippen LogP contribution in [0, 0.1) is 24.7 Å². The van der Waals surface area contributed by atoms with Crippen molar-refractivity contribution in [2.45, 2.75) is 62.6 Å². The van der Waals surface area contributed by atoms with Gasteiger partial charge in [-0.2, -0.15) is 0 Å². The van der Waals surface area contributed by atoms with Crippen LogP contribution in [0.3, 0.4) is 0 Å². The molecule has 4 saturated carbocycles. The third kappa shape index (κ3) is 3.72. The van der Waals surface area contributed by atoms with Gasteiger partial charge in [0.1, 0.15) is 0 Å². The molecule has 0 saturated heterocycles. The maximum atomic E-state index is 12.6. The van der Waals surface area contributed by atoms with Crippen LogP contribution >= 0.6 is 11.8 Å². The number of thioether (sulfide) groups is 1. The lowest BCUT2D eigenvalue weighted by molar-refractivity contribution is -0.127. The van der Waals surface area contributed by atoms with Crippen molar-refractivity contribution in [2.24, 2.45) is 17.8 Å². The zero-order chi connectivity index (χ0) is 20.0. The van der Waals surface area contributed by atoms with E-state index >= 15 is 0 Å². The lowest BCUT2D eigenvalue weighted by Gasteiger charge is -2.55. The zero-order valence-corrected chi connectivity index (χ0v) is 18.1. The summed E-state index contributed by atoms with van der Waals surface area (Å²) in [5.41, 5.74) is 2.50. The Kier molecular flexibility index (Phi) is 4.93. The Hall–Kier alpha value is -1.82. The van der Waals surface area contributed by atoms with Gasteiger partial charge in [0, 0.05) is 19.0 Å². The molecular weight excluding hydrogens is 382 g/mol. The summed E-state index contributed by atoms with van der Waals surface area (Å²) in [7, 11) is 1.85. The van der Waals surface area contributed by atoms with Gasteiger partial charge in [-0.1, -0.05) is 36.0 Å². The summed E-state index contributed by atoms with van der Waals surface area (Å²) in [6.45, 7) is 2.70. The highest BCUT2D eigenvalue weighted by molar-refractivity contribution is 7.99. The average Bonchev–Trinajstić information content (AvgIpc) is 3.17. The van der Waals surface area contributed by atoms with E-state index in [-0.39, 0.29) is 11.3 Å². The fourth-order valence-corrected chi connectivity index (χ4v) is 6.92. The fraction of sp³-hybridized carbons (Fsp3) is 0.609. The van der Waals surface area contributed by atoms with Crippen LogP contribution in [0.5, 0.6) is 0 Å². The molecule has 4 fully saturated rings. The van der Waals surface area contributed by atoms with Crippen molar-refractivity contribution in [1.29, 1.82) is 0 Å². The summed E-state index contributed by atoms with van der Waals surface area (Å²) in [6.07, 6.45) is 7.83. The average molecular weight is 412 g/mol.